The Morgan fingerprint density at radius 3 is 2.31 bits per heavy atom. The molecule has 1 heterocycles. The smallest absolute Gasteiger partial charge is 0.337 e. The predicted molar refractivity (Wildman–Crippen MR) is 111 cm³/mol. The number of allylic oxidation sites excluding steroid dienone is 1. The lowest BCUT2D eigenvalue weighted by atomic mass is 9.76. The standard InChI is InChI=1S/C23H21N3O3/c1-14-19(13-24)21(16-9-11-17(12-10-16)23(28)29-3)20(15(2)25-14)22(27)26-18-7-5-4-6-8-18/h4-12,19,21H,1-3H3,(H,26,27)/t19?,21-/m0/s1. The van der Waals surface area contributed by atoms with E-state index < -0.39 is 17.8 Å². The number of para-hydroxylation sites is 1. The fourth-order valence-corrected chi connectivity index (χ4v) is 3.52. The third-order valence-electron chi connectivity index (χ3n) is 4.93. The summed E-state index contributed by atoms with van der Waals surface area (Å²) in [7, 11) is 1.32. The summed E-state index contributed by atoms with van der Waals surface area (Å²) < 4.78 is 4.74. The number of carbonyl (C=O) groups excluding carboxylic acids is 2. The number of hydrogen-bond donors (Lipinski definition) is 1. The van der Waals surface area contributed by atoms with Crippen LogP contribution in [0.3, 0.4) is 0 Å². The van der Waals surface area contributed by atoms with Gasteiger partial charge in [0.05, 0.1) is 24.7 Å². The number of nitriles is 1. The minimum absolute atomic E-state index is 0.299. The van der Waals surface area contributed by atoms with E-state index in [1.807, 2.05) is 18.2 Å². The van der Waals surface area contributed by atoms with Crippen LogP contribution in [0, 0.1) is 17.2 Å². The number of nitrogens with zero attached hydrogens (tertiary/aromatic N) is 2. The van der Waals surface area contributed by atoms with Crippen molar-refractivity contribution in [1.82, 2.24) is 0 Å². The molecule has 0 bridgehead atoms. The van der Waals surface area contributed by atoms with E-state index in [9.17, 15) is 14.9 Å². The average molecular weight is 387 g/mol. The van der Waals surface area contributed by atoms with Gasteiger partial charge in [-0.1, -0.05) is 30.3 Å². The molecule has 0 spiro atoms. The number of benzene rings is 2. The molecule has 0 saturated carbocycles. The molecule has 1 aliphatic heterocycles. The zero-order valence-electron chi connectivity index (χ0n) is 16.5. The van der Waals surface area contributed by atoms with Crippen molar-refractivity contribution in [3.05, 3.63) is 77.0 Å². The Kier molecular flexibility index (Phi) is 5.89. The van der Waals surface area contributed by atoms with E-state index in [0.717, 1.165) is 5.56 Å². The highest BCUT2D eigenvalue weighted by Crippen LogP contribution is 2.39. The summed E-state index contributed by atoms with van der Waals surface area (Å²) in [5, 5.41) is 12.7. The first kappa shape index (κ1) is 20.0. The Bertz CT molecular complexity index is 1030. The van der Waals surface area contributed by atoms with Gasteiger partial charge in [-0.2, -0.15) is 5.26 Å². The molecule has 3 rings (SSSR count). The zero-order valence-corrected chi connectivity index (χ0v) is 16.5. The Hall–Kier alpha value is -3.72. The summed E-state index contributed by atoms with van der Waals surface area (Å²) in [6, 6.07) is 18.2. The van der Waals surface area contributed by atoms with Gasteiger partial charge in [0.2, 0.25) is 0 Å². The van der Waals surface area contributed by atoms with E-state index in [0.29, 0.717) is 28.2 Å². The van der Waals surface area contributed by atoms with Crippen LogP contribution in [0.4, 0.5) is 5.69 Å². The maximum Gasteiger partial charge on any atom is 0.337 e. The SMILES string of the molecule is COC(=O)c1ccc([C@@H]2C(C(=O)Nc3ccccc3)=C(C)N=C(C)C2C#N)cc1. The molecule has 0 radical (unpaired) electrons. The van der Waals surface area contributed by atoms with Crippen molar-refractivity contribution in [2.24, 2.45) is 10.9 Å². The highest BCUT2D eigenvalue weighted by Gasteiger charge is 2.37. The molecule has 0 saturated heterocycles. The second-order valence-electron chi connectivity index (χ2n) is 6.77. The minimum atomic E-state index is -0.584. The molecule has 6 heteroatoms. The third-order valence-corrected chi connectivity index (χ3v) is 4.93. The fourth-order valence-electron chi connectivity index (χ4n) is 3.52. The van der Waals surface area contributed by atoms with E-state index in [4.69, 9.17) is 4.74 Å². The lowest BCUT2D eigenvalue weighted by Crippen LogP contribution is -2.31. The first-order valence-corrected chi connectivity index (χ1v) is 9.16. The highest BCUT2D eigenvalue weighted by molar-refractivity contribution is 6.07. The van der Waals surface area contributed by atoms with Crippen molar-refractivity contribution in [1.29, 1.82) is 5.26 Å². The number of amides is 1. The molecule has 1 aliphatic rings. The third kappa shape index (κ3) is 4.09. The van der Waals surface area contributed by atoms with E-state index in [2.05, 4.69) is 16.4 Å². The van der Waals surface area contributed by atoms with Gasteiger partial charge in [0.25, 0.3) is 5.91 Å². The molecule has 0 aliphatic carbocycles. The van der Waals surface area contributed by atoms with Crippen LogP contribution in [0.2, 0.25) is 0 Å². The van der Waals surface area contributed by atoms with Crippen molar-refractivity contribution >= 4 is 23.3 Å². The molecule has 2 atom stereocenters. The molecular formula is C23H21N3O3. The van der Waals surface area contributed by atoms with Crippen molar-refractivity contribution in [3.63, 3.8) is 0 Å². The van der Waals surface area contributed by atoms with Gasteiger partial charge in [-0.25, -0.2) is 4.79 Å². The van der Waals surface area contributed by atoms with Gasteiger partial charge in [-0.05, 0) is 43.7 Å². The summed E-state index contributed by atoms with van der Waals surface area (Å²) in [6.07, 6.45) is 0. The lowest BCUT2D eigenvalue weighted by molar-refractivity contribution is -0.113. The van der Waals surface area contributed by atoms with Crippen LogP contribution in [0.25, 0.3) is 0 Å². The van der Waals surface area contributed by atoms with Crippen molar-refractivity contribution < 1.29 is 14.3 Å². The summed E-state index contributed by atoms with van der Waals surface area (Å²) in [6.45, 7) is 3.56. The number of hydrogen-bond acceptors (Lipinski definition) is 5. The van der Waals surface area contributed by atoms with Crippen molar-refractivity contribution in [3.8, 4) is 6.07 Å². The predicted octanol–water partition coefficient (Wildman–Crippen LogP) is 4.08. The topological polar surface area (TPSA) is 91.6 Å². The molecule has 29 heavy (non-hydrogen) atoms. The van der Waals surface area contributed by atoms with Crippen LogP contribution >= 0.6 is 0 Å². The molecule has 1 unspecified atom stereocenters. The Balaban J connectivity index is 2.03. The van der Waals surface area contributed by atoms with Crippen LogP contribution in [-0.4, -0.2) is 24.7 Å². The second kappa shape index (κ2) is 8.53. The lowest BCUT2D eigenvalue weighted by Gasteiger charge is -2.29. The Morgan fingerprint density at radius 1 is 1.07 bits per heavy atom. The van der Waals surface area contributed by atoms with Gasteiger partial charge in [0.15, 0.2) is 0 Å². The van der Waals surface area contributed by atoms with E-state index in [1.54, 1.807) is 50.2 Å². The molecule has 146 valence electrons. The van der Waals surface area contributed by atoms with Gasteiger partial charge < -0.3 is 10.1 Å². The number of nitrogens with one attached hydrogen (secondary N) is 1. The number of methoxy groups -OCH3 is 1. The van der Waals surface area contributed by atoms with E-state index in [-0.39, 0.29) is 5.91 Å². The normalized spacial score (nSPS) is 18.5. The maximum atomic E-state index is 13.1. The van der Waals surface area contributed by atoms with Crippen LogP contribution in [0.15, 0.2) is 70.9 Å². The van der Waals surface area contributed by atoms with Crippen LogP contribution < -0.4 is 5.32 Å². The van der Waals surface area contributed by atoms with E-state index >= 15 is 0 Å². The number of rotatable bonds is 4. The molecule has 2 aromatic carbocycles. The fraction of sp³-hybridized carbons (Fsp3) is 0.217. The zero-order chi connectivity index (χ0) is 21.0. The highest BCUT2D eigenvalue weighted by atomic mass is 16.5. The van der Waals surface area contributed by atoms with Gasteiger partial charge in [0.1, 0.15) is 0 Å². The summed E-state index contributed by atoms with van der Waals surface area (Å²) in [4.78, 5) is 29.3. The molecule has 1 amide bonds. The minimum Gasteiger partial charge on any atom is -0.465 e. The summed E-state index contributed by atoms with van der Waals surface area (Å²) in [5.74, 6) is -1.82. The van der Waals surface area contributed by atoms with Crippen molar-refractivity contribution in [2.75, 3.05) is 12.4 Å². The number of aliphatic imine (C=N–C) groups is 1. The van der Waals surface area contributed by atoms with Gasteiger partial charge in [-0.15, -0.1) is 0 Å². The summed E-state index contributed by atoms with van der Waals surface area (Å²) >= 11 is 0. The Labute approximate surface area is 169 Å². The summed E-state index contributed by atoms with van der Waals surface area (Å²) in [5.41, 5.74) is 3.50. The number of ether oxygens (including phenoxy) is 1. The molecule has 0 aromatic heterocycles. The first-order valence-electron chi connectivity index (χ1n) is 9.16. The van der Waals surface area contributed by atoms with Crippen LogP contribution in [-0.2, 0) is 9.53 Å². The monoisotopic (exact) mass is 387 g/mol. The number of carbonyl (C=O) groups is 2. The second-order valence-corrected chi connectivity index (χ2v) is 6.77. The Morgan fingerprint density at radius 2 is 1.72 bits per heavy atom. The van der Waals surface area contributed by atoms with Gasteiger partial charge >= 0.3 is 5.97 Å². The average Bonchev–Trinajstić information content (AvgIpc) is 2.73. The number of anilines is 1. The van der Waals surface area contributed by atoms with Crippen LogP contribution in [0.5, 0.6) is 0 Å². The van der Waals surface area contributed by atoms with Crippen molar-refractivity contribution in [2.45, 2.75) is 19.8 Å². The quantitative estimate of drug-likeness (QED) is 0.800. The molecule has 1 N–H and O–H groups in total. The molecular weight excluding hydrogens is 366 g/mol. The largest absolute Gasteiger partial charge is 0.465 e. The molecule has 0 fully saturated rings. The van der Waals surface area contributed by atoms with Gasteiger partial charge in [-0.3, -0.25) is 9.79 Å². The molecule has 2 aromatic rings. The van der Waals surface area contributed by atoms with Crippen LogP contribution in [0.1, 0.15) is 35.7 Å². The first-order chi connectivity index (χ1) is 14.0. The van der Waals surface area contributed by atoms with E-state index in [1.165, 1.54) is 7.11 Å². The number of esters is 1. The van der Waals surface area contributed by atoms with Gasteiger partial charge in [0, 0.05) is 28.6 Å². The molecule has 6 nitrogen and oxygen atoms in total. The maximum absolute atomic E-state index is 13.1.